The molecule has 0 aliphatic rings. The van der Waals surface area contributed by atoms with Crippen LogP contribution in [0.3, 0.4) is 0 Å². The molecule has 9 heteroatoms. The molecule has 0 aliphatic carbocycles. The van der Waals surface area contributed by atoms with Crippen LogP contribution in [-0.4, -0.2) is 30.3 Å². The molecule has 0 spiro atoms. The maximum atomic E-state index is 6.15. The molecule has 0 fully saturated rings. The van der Waals surface area contributed by atoms with Gasteiger partial charge in [-0.15, -0.1) is 5.10 Å². The van der Waals surface area contributed by atoms with Gasteiger partial charge in [0.15, 0.2) is 5.82 Å². The Labute approximate surface area is 152 Å². The third kappa shape index (κ3) is 3.40. The molecule has 124 valence electrons. The Hall–Kier alpha value is -2.71. The second-order valence-corrected chi connectivity index (χ2v) is 6.34. The summed E-state index contributed by atoms with van der Waals surface area (Å²) in [6, 6.07) is 17.0. The Morgan fingerprint density at radius 2 is 1.84 bits per heavy atom. The molecule has 25 heavy (non-hydrogen) atoms. The van der Waals surface area contributed by atoms with E-state index in [1.54, 1.807) is 10.7 Å². The minimum Gasteiger partial charge on any atom is -0.334 e. The lowest BCUT2D eigenvalue weighted by atomic mass is 10.2. The molecular formula is C16H11ClN6OS. The van der Waals surface area contributed by atoms with Crippen molar-refractivity contribution in [1.29, 1.82) is 0 Å². The van der Waals surface area contributed by atoms with Crippen LogP contribution in [0.4, 0.5) is 0 Å². The molecule has 7 nitrogen and oxygen atoms in total. The number of nitrogens with zero attached hydrogens (tertiary/aromatic N) is 6. The SMILES string of the molecule is Clc1ccccc1-c1nc(CSc2nnnn2-c2ccccc2)no1. The quantitative estimate of drug-likeness (QED) is 0.496. The van der Waals surface area contributed by atoms with E-state index < -0.39 is 0 Å². The van der Waals surface area contributed by atoms with Crippen molar-refractivity contribution in [3.05, 3.63) is 65.4 Å². The fraction of sp³-hybridized carbons (Fsp3) is 0.0625. The predicted molar refractivity (Wildman–Crippen MR) is 93.5 cm³/mol. The molecule has 2 heterocycles. The molecule has 0 saturated carbocycles. The lowest BCUT2D eigenvalue weighted by Crippen LogP contribution is -1.98. The average Bonchev–Trinajstić information content (AvgIpc) is 3.30. The van der Waals surface area contributed by atoms with Crippen molar-refractivity contribution >= 4 is 23.4 Å². The first-order valence-corrected chi connectivity index (χ1v) is 8.72. The van der Waals surface area contributed by atoms with Gasteiger partial charge in [0.05, 0.1) is 22.0 Å². The Morgan fingerprint density at radius 3 is 2.68 bits per heavy atom. The van der Waals surface area contributed by atoms with Gasteiger partial charge in [0.1, 0.15) is 0 Å². The molecule has 0 atom stereocenters. The highest BCUT2D eigenvalue weighted by atomic mass is 35.5. The molecule has 4 rings (SSSR count). The molecule has 0 unspecified atom stereocenters. The van der Waals surface area contributed by atoms with E-state index in [2.05, 4.69) is 25.7 Å². The minimum atomic E-state index is 0.392. The lowest BCUT2D eigenvalue weighted by Gasteiger charge is -2.02. The molecule has 0 saturated heterocycles. The number of para-hydroxylation sites is 1. The third-order valence-corrected chi connectivity index (χ3v) is 4.59. The van der Waals surface area contributed by atoms with Gasteiger partial charge in [-0.3, -0.25) is 0 Å². The van der Waals surface area contributed by atoms with Gasteiger partial charge >= 0.3 is 0 Å². The maximum Gasteiger partial charge on any atom is 0.259 e. The lowest BCUT2D eigenvalue weighted by molar-refractivity contribution is 0.425. The summed E-state index contributed by atoms with van der Waals surface area (Å²) in [5.74, 6) is 1.41. The summed E-state index contributed by atoms with van der Waals surface area (Å²) in [6.07, 6.45) is 0. The maximum absolute atomic E-state index is 6.15. The highest BCUT2D eigenvalue weighted by molar-refractivity contribution is 7.98. The number of rotatable bonds is 5. The van der Waals surface area contributed by atoms with E-state index in [0.717, 1.165) is 5.69 Å². The number of aromatic nitrogens is 6. The number of thioether (sulfide) groups is 1. The van der Waals surface area contributed by atoms with E-state index in [0.29, 0.717) is 33.2 Å². The number of benzene rings is 2. The normalized spacial score (nSPS) is 10.9. The van der Waals surface area contributed by atoms with Crippen molar-refractivity contribution in [3.63, 3.8) is 0 Å². The topological polar surface area (TPSA) is 82.5 Å². The molecule has 4 aromatic rings. The first-order chi connectivity index (χ1) is 12.3. The molecule has 0 radical (unpaired) electrons. The predicted octanol–water partition coefficient (Wildman–Crippen LogP) is 3.66. The second kappa shape index (κ2) is 7.04. The number of halogens is 1. The van der Waals surface area contributed by atoms with Gasteiger partial charge in [0, 0.05) is 0 Å². The van der Waals surface area contributed by atoms with E-state index in [-0.39, 0.29) is 0 Å². The summed E-state index contributed by atoms with van der Waals surface area (Å²) in [6.45, 7) is 0. The number of tetrazole rings is 1. The summed E-state index contributed by atoms with van der Waals surface area (Å²) in [7, 11) is 0. The zero-order valence-electron chi connectivity index (χ0n) is 12.8. The van der Waals surface area contributed by atoms with Gasteiger partial charge in [0.25, 0.3) is 5.89 Å². The zero-order valence-corrected chi connectivity index (χ0v) is 14.4. The first kappa shape index (κ1) is 15.8. The van der Waals surface area contributed by atoms with E-state index in [1.807, 2.05) is 48.5 Å². The summed E-state index contributed by atoms with van der Waals surface area (Å²) < 4.78 is 6.97. The monoisotopic (exact) mass is 370 g/mol. The molecule has 0 bridgehead atoms. The van der Waals surface area contributed by atoms with Crippen LogP contribution in [-0.2, 0) is 5.75 Å². The Kier molecular flexibility index (Phi) is 4.45. The average molecular weight is 371 g/mol. The Bertz CT molecular complexity index is 987. The summed E-state index contributed by atoms with van der Waals surface area (Å²) >= 11 is 7.58. The summed E-state index contributed by atoms with van der Waals surface area (Å²) in [4.78, 5) is 4.38. The summed E-state index contributed by atoms with van der Waals surface area (Å²) in [5, 5.41) is 17.0. The van der Waals surface area contributed by atoms with Gasteiger partial charge in [-0.05, 0) is 34.7 Å². The molecule has 0 N–H and O–H groups in total. The van der Waals surface area contributed by atoms with E-state index >= 15 is 0 Å². The van der Waals surface area contributed by atoms with Gasteiger partial charge in [0.2, 0.25) is 5.16 Å². The van der Waals surface area contributed by atoms with Crippen molar-refractivity contribution in [2.75, 3.05) is 0 Å². The highest BCUT2D eigenvalue weighted by Crippen LogP contribution is 2.27. The van der Waals surface area contributed by atoms with Gasteiger partial charge in [-0.25, -0.2) is 0 Å². The van der Waals surface area contributed by atoms with Crippen molar-refractivity contribution in [1.82, 2.24) is 30.3 Å². The van der Waals surface area contributed by atoms with E-state index in [9.17, 15) is 0 Å². The first-order valence-electron chi connectivity index (χ1n) is 7.35. The van der Waals surface area contributed by atoms with Crippen LogP contribution in [0, 0.1) is 0 Å². The smallest absolute Gasteiger partial charge is 0.259 e. The van der Waals surface area contributed by atoms with Crippen LogP contribution in [0.5, 0.6) is 0 Å². The summed E-state index contributed by atoms with van der Waals surface area (Å²) in [5.41, 5.74) is 1.60. The van der Waals surface area contributed by atoms with Gasteiger partial charge < -0.3 is 4.52 Å². The standard InChI is InChI=1S/C16H11ClN6OS/c17-13-9-5-4-8-12(13)15-18-14(20-24-15)10-25-16-19-21-22-23(16)11-6-2-1-3-7-11/h1-9H,10H2. The molecular weight excluding hydrogens is 360 g/mol. The Balaban J connectivity index is 1.50. The fourth-order valence-electron chi connectivity index (χ4n) is 2.19. The highest BCUT2D eigenvalue weighted by Gasteiger charge is 2.14. The molecule has 0 aliphatic heterocycles. The van der Waals surface area contributed by atoms with Gasteiger partial charge in [-0.2, -0.15) is 9.67 Å². The van der Waals surface area contributed by atoms with Crippen LogP contribution >= 0.6 is 23.4 Å². The molecule has 0 amide bonds. The Morgan fingerprint density at radius 1 is 1.04 bits per heavy atom. The molecule has 2 aromatic heterocycles. The van der Waals surface area contributed by atoms with E-state index in [4.69, 9.17) is 16.1 Å². The number of hydrogen-bond donors (Lipinski definition) is 0. The van der Waals surface area contributed by atoms with Crippen LogP contribution in [0.2, 0.25) is 5.02 Å². The van der Waals surface area contributed by atoms with E-state index in [1.165, 1.54) is 11.8 Å². The van der Waals surface area contributed by atoms with Gasteiger partial charge in [-0.1, -0.05) is 58.9 Å². The van der Waals surface area contributed by atoms with Crippen LogP contribution < -0.4 is 0 Å². The molecule has 2 aromatic carbocycles. The van der Waals surface area contributed by atoms with Crippen molar-refractivity contribution in [3.8, 4) is 17.1 Å². The largest absolute Gasteiger partial charge is 0.334 e. The minimum absolute atomic E-state index is 0.392. The van der Waals surface area contributed by atoms with Crippen molar-refractivity contribution in [2.24, 2.45) is 0 Å². The number of hydrogen-bond acceptors (Lipinski definition) is 7. The van der Waals surface area contributed by atoms with Crippen molar-refractivity contribution < 1.29 is 4.52 Å². The fourth-order valence-corrected chi connectivity index (χ4v) is 3.14. The zero-order chi connectivity index (χ0) is 17.1. The van der Waals surface area contributed by atoms with Crippen molar-refractivity contribution in [2.45, 2.75) is 10.9 Å². The van der Waals surface area contributed by atoms with Crippen LogP contribution in [0.1, 0.15) is 5.82 Å². The van der Waals surface area contributed by atoms with Crippen LogP contribution in [0.15, 0.2) is 64.3 Å². The second-order valence-electron chi connectivity index (χ2n) is 4.99. The third-order valence-electron chi connectivity index (χ3n) is 3.34. The van der Waals surface area contributed by atoms with Crippen LogP contribution in [0.25, 0.3) is 17.1 Å².